The first-order valence-corrected chi connectivity index (χ1v) is 4.86. The molecule has 16 heavy (non-hydrogen) atoms. The summed E-state index contributed by atoms with van der Waals surface area (Å²) < 4.78 is 0. The molecule has 0 aromatic rings. The number of rotatable bonds is 7. The Labute approximate surface area is 93.3 Å². The lowest BCUT2D eigenvalue weighted by molar-refractivity contribution is -0.138. The summed E-state index contributed by atoms with van der Waals surface area (Å²) in [4.78, 5) is 21.7. The van der Waals surface area contributed by atoms with Crippen LogP contribution in [0.15, 0.2) is 0 Å². The van der Waals surface area contributed by atoms with Gasteiger partial charge in [-0.25, -0.2) is 0 Å². The first-order valence-electron chi connectivity index (χ1n) is 4.86. The zero-order chi connectivity index (χ0) is 12.8. The molecule has 1 unspecified atom stereocenters. The third-order valence-electron chi connectivity index (χ3n) is 2.14. The Balaban J connectivity index is 4.04. The van der Waals surface area contributed by atoms with Crippen LogP contribution in [0.25, 0.3) is 0 Å². The van der Waals surface area contributed by atoms with Crippen molar-refractivity contribution in [1.29, 1.82) is 0 Å². The fourth-order valence-electron chi connectivity index (χ4n) is 0.938. The summed E-state index contributed by atoms with van der Waals surface area (Å²) in [6.07, 6.45) is -0.0584. The van der Waals surface area contributed by atoms with Crippen molar-refractivity contribution in [2.24, 2.45) is 5.73 Å². The van der Waals surface area contributed by atoms with Gasteiger partial charge in [0.15, 0.2) is 0 Å². The van der Waals surface area contributed by atoms with Gasteiger partial charge in [0.2, 0.25) is 5.91 Å². The number of hydrogen-bond acceptors (Lipinski definition) is 5. The number of carbonyl (C=O) groups is 2. The molecule has 0 aliphatic carbocycles. The number of carboxylic acid groups (broad SMARTS) is 1. The van der Waals surface area contributed by atoms with Gasteiger partial charge < -0.3 is 26.4 Å². The monoisotopic (exact) mass is 234 g/mol. The molecule has 1 amide bonds. The highest BCUT2D eigenvalue weighted by atomic mass is 16.4. The predicted molar refractivity (Wildman–Crippen MR) is 55.6 cm³/mol. The van der Waals surface area contributed by atoms with Crippen molar-refractivity contribution in [3.05, 3.63) is 0 Å². The van der Waals surface area contributed by atoms with Gasteiger partial charge >= 0.3 is 5.97 Å². The van der Waals surface area contributed by atoms with Crippen LogP contribution in [0.4, 0.5) is 0 Å². The second kappa shape index (κ2) is 6.41. The fraction of sp³-hybridized carbons (Fsp3) is 0.778. The van der Waals surface area contributed by atoms with Crippen molar-refractivity contribution in [2.75, 3.05) is 13.2 Å². The Morgan fingerprint density at radius 3 is 2.25 bits per heavy atom. The molecule has 0 aromatic heterocycles. The van der Waals surface area contributed by atoms with Gasteiger partial charge in [0.25, 0.3) is 0 Å². The summed E-state index contributed by atoms with van der Waals surface area (Å²) in [5.74, 6) is -1.62. The number of carboxylic acids is 1. The average Bonchev–Trinajstić information content (AvgIpc) is 2.25. The van der Waals surface area contributed by atoms with Crippen LogP contribution in [-0.2, 0) is 9.59 Å². The van der Waals surface area contributed by atoms with Crippen LogP contribution in [0.3, 0.4) is 0 Å². The summed E-state index contributed by atoms with van der Waals surface area (Å²) in [5, 5.41) is 28.7. The highest BCUT2D eigenvalue weighted by Gasteiger charge is 2.24. The molecule has 0 heterocycles. The fourth-order valence-corrected chi connectivity index (χ4v) is 0.938. The van der Waals surface area contributed by atoms with Gasteiger partial charge in [0.05, 0.1) is 18.8 Å². The molecule has 7 nitrogen and oxygen atoms in total. The molecule has 0 aliphatic rings. The van der Waals surface area contributed by atoms with E-state index in [1.54, 1.807) is 0 Å². The lowest BCUT2D eigenvalue weighted by Crippen LogP contribution is -2.52. The molecular weight excluding hydrogens is 216 g/mol. The van der Waals surface area contributed by atoms with Crippen LogP contribution >= 0.6 is 0 Å². The highest BCUT2D eigenvalue weighted by Crippen LogP contribution is 2.03. The van der Waals surface area contributed by atoms with Gasteiger partial charge in [-0.15, -0.1) is 0 Å². The summed E-state index contributed by atoms with van der Waals surface area (Å²) in [7, 11) is 0. The minimum atomic E-state index is -1.17. The van der Waals surface area contributed by atoms with Crippen LogP contribution in [-0.4, -0.2) is 52.0 Å². The van der Waals surface area contributed by atoms with Gasteiger partial charge in [0.1, 0.15) is 6.04 Å². The molecule has 0 rings (SSSR count). The first-order chi connectivity index (χ1) is 7.34. The van der Waals surface area contributed by atoms with E-state index in [2.05, 4.69) is 5.32 Å². The number of aliphatic hydroxyl groups excluding tert-OH is 2. The molecule has 1 atom stereocenters. The molecule has 0 bridgehead atoms. The van der Waals surface area contributed by atoms with E-state index in [0.29, 0.717) is 0 Å². The topological polar surface area (TPSA) is 133 Å². The van der Waals surface area contributed by atoms with E-state index in [9.17, 15) is 9.59 Å². The number of hydrogen-bond donors (Lipinski definition) is 5. The predicted octanol–water partition coefficient (Wildman–Crippen LogP) is -1.96. The maximum Gasteiger partial charge on any atom is 0.320 e. The molecule has 0 fully saturated rings. The molecule has 0 aliphatic heterocycles. The zero-order valence-electron chi connectivity index (χ0n) is 9.14. The van der Waals surface area contributed by atoms with E-state index in [1.807, 2.05) is 0 Å². The SMILES string of the molecule is CC(CO)(CO)NC(=O)CCC(N)C(=O)O. The van der Waals surface area contributed by atoms with E-state index < -0.39 is 36.7 Å². The minimum Gasteiger partial charge on any atom is -0.480 e. The number of carbonyl (C=O) groups excluding carboxylic acids is 1. The van der Waals surface area contributed by atoms with Gasteiger partial charge in [-0.3, -0.25) is 9.59 Å². The molecule has 94 valence electrons. The smallest absolute Gasteiger partial charge is 0.320 e. The largest absolute Gasteiger partial charge is 0.480 e. The van der Waals surface area contributed by atoms with E-state index in [0.717, 1.165) is 0 Å². The third kappa shape index (κ3) is 5.06. The summed E-state index contributed by atoms with van der Waals surface area (Å²) in [5.41, 5.74) is 4.12. The molecule has 0 saturated carbocycles. The maximum atomic E-state index is 11.3. The summed E-state index contributed by atoms with van der Waals surface area (Å²) in [6, 6.07) is -1.08. The van der Waals surface area contributed by atoms with Crippen LogP contribution in [0.2, 0.25) is 0 Å². The minimum absolute atomic E-state index is 0.00804. The number of aliphatic carboxylic acids is 1. The Bertz CT molecular complexity index is 252. The average molecular weight is 234 g/mol. The lowest BCUT2D eigenvalue weighted by Gasteiger charge is -2.26. The van der Waals surface area contributed by atoms with Crippen molar-refractivity contribution in [2.45, 2.75) is 31.3 Å². The normalized spacial score (nSPS) is 13.2. The number of nitrogens with two attached hydrogens (primary N) is 1. The van der Waals surface area contributed by atoms with Crippen molar-refractivity contribution in [3.8, 4) is 0 Å². The number of aliphatic hydroxyl groups is 2. The standard InChI is InChI=1S/C9H18N2O5/c1-9(4-12,5-13)11-7(14)3-2-6(10)8(15)16/h6,12-13H,2-5,10H2,1H3,(H,11,14)(H,15,16). The third-order valence-corrected chi connectivity index (χ3v) is 2.14. The highest BCUT2D eigenvalue weighted by molar-refractivity contribution is 5.78. The van der Waals surface area contributed by atoms with Crippen molar-refractivity contribution in [1.82, 2.24) is 5.32 Å². The lowest BCUT2D eigenvalue weighted by atomic mass is 10.0. The maximum absolute atomic E-state index is 11.3. The quantitative estimate of drug-likeness (QED) is 0.347. The second-order valence-corrected chi connectivity index (χ2v) is 3.91. The molecule has 0 spiro atoms. The van der Waals surface area contributed by atoms with E-state index >= 15 is 0 Å². The van der Waals surface area contributed by atoms with Crippen molar-refractivity contribution in [3.63, 3.8) is 0 Å². The number of nitrogens with one attached hydrogen (secondary N) is 1. The molecule has 0 saturated heterocycles. The van der Waals surface area contributed by atoms with E-state index in [1.165, 1.54) is 6.92 Å². The molecule has 7 heteroatoms. The van der Waals surface area contributed by atoms with E-state index in [-0.39, 0.29) is 12.8 Å². The van der Waals surface area contributed by atoms with Gasteiger partial charge in [-0.1, -0.05) is 0 Å². The Hall–Kier alpha value is -1.18. The zero-order valence-corrected chi connectivity index (χ0v) is 9.14. The molecular formula is C9H18N2O5. The Morgan fingerprint density at radius 1 is 1.38 bits per heavy atom. The van der Waals surface area contributed by atoms with Gasteiger partial charge in [0, 0.05) is 6.42 Å². The van der Waals surface area contributed by atoms with Crippen molar-refractivity contribution < 1.29 is 24.9 Å². The summed E-state index contributed by atoms with van der Waals surface area (Å²) >= 11 is 0. The van der Waals surface area contributed by atoms with Crippen molar-refractivity contribution >= 4 is 11.9 Å². The molecule has 6 N–H and O–H groups in total. The Morgan fingerprint density at radius 2 is 1.88 bits per heavy atom. The molecule has 0 aromatic carbocycles. The van der Waals surface area contributed by atoms with Crippen LogP contribution in [0.5, 0.6) is 0 Å². The summed E-state index contributed by atoms with van der Waals surface area (Å²) in [6.45, 7) is 0.669. The van der Waals surface area contributed by atoms with Gasteiger partial charge in [-0.2, -0.15) is 0 Å². The number of amides is 1. The van der Waals surface area contributed by atoms with Crippen LogP contribution in [0, 0.1) is 0 Å². The van der Waals surface area contributed by atoms with Gasteiger partial charge in [-0.05, 0) is 13.3 Å². The Kier molecular flexibility index (Phi) is 5.94. The van der Waals surface area contributed by atoms with Crippen LogP contribution in [0.1, 0.15) is 19.8 Å². The second-order valence-electron chi connectivity index (χ2n) is 3.91. The molecule has 0 radical (unpaired) electrons. The van der Waals surface area contributed by atoms with E-state index in [4.69, 9.17) is 21.1 Å². The first kappa shape index (κ1) is 14.8. The van der Waals surface area contributed by atoms with Crippen LogP contribution < -0.4 is 11.1 Å².